The van der Waals surface area contributed by atoms with Crippen molar-refractivity contribution >= 4 is 21.8 Å². The third kappa shape index (κ3) is 3.91. The number of hydrogen-bond acceptors (Lipinski definition) is 2. The monoisotopic (exact) mass is 346 g/mol. The minimum absolute atomic E-state index is 0.0197. The molecule has 0 aliphatic heterocycles. The van der Waals surface area contributed by atoms with Crippen molar-refractivity contribution in [2.75, 3.05) is 0 Å². The summed E-state index contributed by atoms with van der Waals surface area (Å²) in [4.78, 5) is 19.0. The van der Waals surface area contributed by atoms with Crippen LogP contribution in [0.4, 0.5) is 0 Å². The van der Waals surface area contributed by atoms with Crippen molar-refractivity contribution in [3.8, 4) is 0 Å². The van der Waals surface area contributed by atoms with Crippen LogP contribution in [0.15, 0.2) is 47.1 Å². The maximum atomic E-state index is 12.8. The van der Waals surface area contributed by atoms with Crippen molar-refractivity contribution in [1.29, 1.82) is 0 Å². The second kappa shape index (κ2) is 6.85. The summed E-state index contributed by atoms with van der Waals surface area (Å²) < 4.78 is 0.824. The number of amides is 1. The fourth-order valence-corrected chi connectivity index (χ4v) is 2.53. The maximum absolute atomic E-state index is 12.8. The summed E-state index contributed by atoms with van der Waals surface area (Å²) in [5.41, 5.74) is 2.66. The molecule has 1 aromatic carbocycles. The Morgan fingerprint density at radius 1 is 1.29 bits per heavy atom. The molecule has 0 atom stereocenters. The van der Waals surface area contributed by atoms with Gasteiger partial charge < -0.3 is 4.90 Å². The SMILES string of the molecule is Cc1ccc(Br)c(C(=O)N(Cc2ccccn2)C(C)C)c1. The third-order valence-corrected chi connectivity index (χ3v) is 3.99. The van der Waals surface area contributed by atoms with Crippen LogP contribution in [0.25, 0.3) is 0 Å². The molecule has 4 heteroatoms. The molecule has 0 aliphatic rings. The molecular weight excluding hydrogens is 328 g/mol. The van der Waals surface area contributed by atoms with Crippen molar-refractivity contribution in [1.82, 2.24) is 9.88 Å². The molecule has 21 heavy (non-hydrogen) atoms. The van der Waals surface area contributed by atoms with Crippen LogP contribution in [-0.2, 0) is 6.54 Å². The van der Waals surface area contributed by atoms with E-state index in [9.17, 15) is 4.79 Å². The van der Waals surface area contributed by atoms with Crippen LogP contribution in [0, 0.1) is 6.92 Å². The highest BCUT2D eigenvalue weighted by molar-refractivity contribution is 9.10. The molecule has 0 fully saturated rings. The molecule has 2 rings (SSSR count). The van der Waals surface area contributed by atoms with Gasteiger partial charge >= 0.3 is 0 Å². The topological polar surface area (TPSA) is 33.2 Å². The molecule has 2 aromatic rings. The van der Waals surface area contributed by atoms with Crippen molar-refractivity contribution in [3.63, 3.8) is 0 Å². The summed E-state index contributed by atoms with van der Waals surface area (Å²) in [6, 6.07) is 11.7. The lowest BCUT2D eigenvalue weighted by molar-refractivity contribution is 0.0687. The Kier molecular flexibility index (Phi) is 5.12. The molecule has 0 N–H and O–H groups in total. The molecule has 0 unspecified atom stereocenters. The smallest absolute Gasteiger partial charge is 0.255 e. The molecule has 0 radical (unpaired) electrons. The van der Waals surface area contributed by atoms with Gasteiger partial charge in [-0.3, -0.25) is 9.78 Å². The van der Waals surface area contributed by atoms with Crippen LogP contribution in [0.1, 0.15) is 35.5 Å². The predicted molar refractivity (Wildman–Crippen MR) is 88.1 cm³/mol. The van der Waals surface area contributed by atoms with Gasteiger partial charge in [0.25, 0.3) is 5.91 Å². The summed E-state index contributed by atoms with van der Waals surface area (Å²) in [6.45, 7) is 6.54. The van der Waals surface area contributed by atoms with Crippen molar-refractivity contribution in [3.05, 3.63) is 63.9 Å². The van der Waals surface area contributed by atoms with Gasteiger partial charge in [0, 0.05) is 16.7 Å². The number of aryl methyl sites for hydroxylation is 1. The van der Waals surface area contributed by atoms with E-state index in [1.165, 1.54) is 0 Å². The normalized spacial score (nSPS) is 10.7. The molecule has 3 nitrogen and oxygen atoms in total. The van der Waals surface area contributed by atoms with E-state index in [0.717, 1.165) is 15.7 Å². The quantitative estimate of drug-likeness (QED) is 0.830. The highest BCUT2D eigenvalue weighted by atomic mass is 79.9. The summed E-state index contributed by atoms with van der Waals surface area (Å²) >= 11 is 3.47. The minimum atomic E-state index is 0.0197. The number of carbonyl (C=O) groups excluding carboxylic acids is 1. The van der Waals surface area contributed by atoms with Gasteiger partial charge in [-0.15, -0.1) is 0 Å². The second-order valence-corrected chi connectivity index (χ2v) is 6.19. The summed E-state index contributed by atoms with van der Waals surface area (Å²) in [5, 5.41) is 0. The number of pyridine rings is 1. The highest BCUT2D eigenvalue weighted by Crippen LogP contribution is 2.21. The van der Waals surface area contributed by atoms with Gasteiger partial charge in [0.15, 0.2) is 0 Å². The fraction of sp³-hybridized carbons (Fsp3) is 0.294. The highest BCUT2D eigenvalue weighted by Gasteiger charge is 2.21. The first-order chi connectivity index (χ1) is 9.99. The largest absolute Gasteiger partial charge is 0.330 e. The lowest BCUT2D eigenvalue weighted by Crippen LogP contribution is -2.36. The molecule has 110 valence electrons. The van der Waals surface area contributed by atoms with E-state index < -0.39 is 0 Å². The van der Waals surface area contributed by atoms with E-state index >= 15 is 0 Å². The van der Waals surface area contributed by atoms with Gasteiger partial charge in [0.05, 0.1) is 17.8 Å². The number of benzene rings is 1. The van der Waals surface area contributed by atoms with Crippen LogP contribution in [-0.4, -0.2) is 21.8 Å². The number of halogens is 1. The lowest BCUT2D eigenvalue weighted by atomic mass is 10.1. The number of hydrogen-bond donors (Lipinski definition) is 0. The average molecular weight is 347 g/mol. The van der Waals surface area contributed by atoms with Crippen LogP contribution < -0.4 is 0 Å². The molecule has 0 bridgehead atoms. The average Bonchev–Trinajstić information content (AvgIpc) is 2.47. The van der Waals surface area contributed by atoms with E-state index in [0.29, 0.717) is 12.1 Å². The van der Waals surface area contributed by atoms with Crippen LogP contribution in [0.3, 0.4) is 0 Å². The number of aromatic nitrogens is 1. The Morgan fingerprint density at radius 2 is 2.05 bits per heavy atom. The molecule has 0 aliphatic carbocycles. The third-order valence-electron chi connectivity index (χ3n) is 3.29. The zero-order valence-corrected chi connectivity index (χ0v) is 14.1. The van der Waals surface area contributed by atoms with E-state index in [4.69, 9.17) is 0 Å². The van der Waals surface area contributed by atoms with Crippen LogP contribution in [0.5, 0.6) is 0 Å². The fourth-order valence-electron chi connectivity index (χ4n) is 2.11. The lowest BCUT2D eigenvalue weighted by Gasteiger charge is -2.27. The van der Waals surface area contributed by atoms with E-state index in [1.54, 1.807) is 6.20 Å². The van der Waals surface area contributed by atoms with E-state index in [1.807, 2.05) is 62.1 Å². The van der Waals surface area contributed by atoms with Gasteiger partial charge in [0.2, 0.25) is 0 Å². The Labute approximate surface area is 134 Å². The van der Waals surface area contributed by atoms with Gasteiger partial charge in [-0.25, -0.2) is 0 Å². The minimum Gasteiger partial charge on any atom is -0.330 e. The van der Waals surface area contributed by atoms with E-state index in [2.05, 4.69) is 20.9 Å². The molecule has 0 saturated heterocycles. The van der Waals surface area contributed by atoms with Crippen LogP contribution >= 0.6 is 15.9 Å². The number of rotatable bonds is 4. The maximum Gasteiger partial charge on any atom is 0.255 e. The summed E-state index contributed by atoms with van der Waals surface area (Å²) in [5.74, 6) is 0.0197. The van der Waals surface area contributed by atoms with Crippen molar-refractivity contribution in [2.45, 2.75) is 33.4 Å². The summed E-state index contributed by atoms with van der Waals surface area (Å²) in [6.07, 6.45) is 1.75. The van der Waals surface area contributed by atoms with Gasteiger partial charge in [0.1, 0.15) is 0 Å². The molecular formula is C17H19BrN2O. The van der Waals surface area contributed by atoms with Crippen molar-refractivity contribution in [2.24, 2.45) is 0 Å². The van der Waals surface area contributed by atoms with Gasteiger partial charge in [-0.1, -0.05) is 17.7 Å². The van der Waals surface area contributed by atoms with Gasteiger partial charge in [-0.05, 0) is 61.0 Å². The first-order valence-corrected chi connectivity index (χ1v) is 7.75. The van der Waals surface area contributed by atoms with Crippen LogP contribution in [0.2, 0.25) is 0 Å². The zero-order chi connectivity index (χ0) is 15.4. The van der Waals surface area contributed by atoms with E-state index in [-0.39, 0.29) is 11.9 Å². The first kappa shape index (κ1) is 15.7. The Bertz CT molecular complexity index is 626. The summed E-state index contributed by atoms with van der Waals surface area (Å²) in [7, 11) is 0. The number of carbonyl (C=O) groups is 1. The molecule has 0 spiro atoms. The Morgan fingerprint density at radius 3 is 2.67 bits per heavy atom. The van der Waals surface area contributed by atoms with Gasteiger partial charge in [-0.2, -0.15) is 0 Å². The number of nitrogens with zero attached hydrogens (tertiary/aromatic N) is 2. The first-order valence-electron chi connectivity index (χ1n) is 6.96. The second-order valence-electron chi connectivity index (χ2n) is 5.33. The zero-order valence-electron chi connectivity index (χ0n) is 12.5. The molecule has 0 saturated carbocycles. The molecule has 1 amide bonds. The molecule has 1 aromatic heterocycles. The Balaban J connectivity index is 2.30. The predicted octanol–water partition coefficient (Wildman–Crippen LogP) is 4.20. The molecule has 1 heterocycles. The van der Waals surface area contributed by atoms with Crippen molar-refractivity contribution < 1.29 is 4.79 Å². The Hall–Kier alpha value is -1.68. The standard InChI is InChI=1S/C17H19BrN2O/c1-12(2)20(11-14-6-4-5-9-19-14)17(21)15-10-13(3)7-8-16(15)18/h4-10,12H,11H2,1-3H3.